The number of carbonyl (C=O) groups excluding carboxylic acids is 1. The van der Waals surface area contributed by atoms with Crippen LogP contribution in [0.3, 0.4) is 0 Å². The van der Waals surface area contributed by atoms with E-state index in [-0.39, 0.29) is 22.9 Å². The lowest BCUT2D eigenvalue weighted by Crippen LogP contribution is -2.44. The molecule has 142 valence electrons. The molecular weight excluding hydrogens is 366 g/mol. The lowest BCUT2D eigenvalue weighted by molar-refractivity contribution is -0.113. The van der Waals surface area contributed by atoms with E-state index in [0.717, 1.165) is 32.0 Å². The third-order valence-electron chi connectivity index (χ3n) is 4.21. The van der Waals surface area contributed by atoms with E-state index in [4.69, 9.17) is 0 Å². The Balaban J connectivity index is 1.58. The summed E-state index contributed by atoms with van der Waals surface area (Å²) in [5, 5.41) is 12.3. The van der Waals surface area contributed by atoms with Gasteiger partial charge in [-0.25, -0.2) is 14.8 Å². The van der Waals surface area contributed by atoms with Gasteiger partial charge in [0, 0.05) is 32.4 Å². The van der Waals surface area contributed by atoms with E-state index < -0.39 is 5.97 Å². The summed E-state index contributed by atoms with van der Waals surface area (Å²) in [6.45, 7) is 3.78. The maximum Gasteiger partial charge on any atom is 0.337 e. The zero-order valence-electron chi connectivity index (χ0n) is 15.0. The molecule has 1 aromatic carbocycles. The quantitative estimate of drug-likeness (QED) is 0.570. The predicted octanol–water partition coefficient (Wildman–Crippen LogP) is 1.66. The van der Waals surface area contributed by atoms with E-state index in [0.29, 0.717) is 5.16 Å². The van der Waals surface area contributed by atoms with Crippen molar-refractivity contribution in [2.75, 3.05) is 49.2 Å². The number of anilines is 2. The topological polar surface area (TPSA) is 98.7 Å². The van der Waals surface area contributed by atoms with Gasteiger partial charge in [0.15, 0.2) is 5.16 Å². The Morgan fingerprint density at radius 1 is 1.19 bits per heavy atom. The average Bonchev–Trinajstić information content (AvgIpc) is 2.67. The minimum absolute atomic E-state index is 0.0594. The van der Waals surface area contributed by atoms with Crippen LogP contribution in [0.5, 0.6) is 0 Å². The Hall–Kier alpha value is -2.65. The summed E-state index contributed by atoms with van der Waals surface area (Å²) < 4.78 is 0. The summed E-state index contributed by atoms with van der Waals surface area (Å²) in [6, 6.07) is 8.19. The molecule has 27 heavy (non-hydrogen) atoms. The highest BCUT2D eigenvalue weighted by Crippen LogP contribution is 2.20. The van der Waals surface area contributed by atoms with Crippen LogP contribution < -0.4 is 10.2 Å². The number of carbonyl (C=O) groups is 2. The number of carboxylic acids is 1. The molecule has 0 spiro atoms. The number of para-hydroxylation sites is 1. The number of thioether (sulfide) groups is 1. The summed E-state index contributed by atoms with van der Waals surface area (Å²) >= 11 is 1.22. The van der Waals surface area contributed by atoms with Gasteiger partial charge in [0.1, 0.15) is 5.82 Å². The first-order valence-corrected chi connectivity index (χ1v) is 9.53. The van der Waals surface area contributed by atoms with Crippen molar-refractivity contribution in [1.82, 2.24) is 14.9 Å². The number of likely N-dealkylation sites (N-methyl/N-ethyl adjacent to an activating group) is 1. The molecule has 3 rings (SSSR count). The number of aromatic nitrogens is 2. The monoisotopic (exact) mass is 387 g/mol. The van der Waals surface area contributed by atoms with Crippen molar-refractivity contribution in [3.63, 3.8) is 0 Å². The second-order valence-corrected chi connectivity index (χ2v) is 7.12. The fraction of sp³-hybridized carbons (Fsp3) is 0.333. The predicted molar refractivity (Wildman–Crippen MR) is 104 cm³/mol. The summed E-state index contributed by atoms with van der Waals surface area (Å²) in [6.07, 6.45) is 1.70. The lowest BCUT2D eigenvalue weighted by atomic mass is 10.2. The molecule has 0 unspecified atom stereocenters. The van der Waals surface area contributed by atoms with Gasteiger partial charge in [0.25, 0.3) is 0 Å². The van der Waals surface area contributed by atoms with Crippen molar-refractivity contribution >= 4 is 35.1 Å². The van der Waals surface area contributed by atoms with Crippen LogP contribution in [-0.2, 0) is 4.79 Å². The van der Waals surface area contributed by atoms with Gasteiger partial charge in [-0.2, -0.15) is 0 Å². The zero-order valence-corrected chi connectivity index (χ0v) is 15.8. The van der Waals surface area contributed by atoms with Gasteiger partial charge in [0.05, 0.1) is 17.0 Å². The molecule has 1 fully saturated rings. The third-order valence-corrected chi connectivity index (χ3v) is 5.07. The smallest absolute Gasteiger partial charge is 0.337 e. The third kappa shape index (κ3) is 5.18. The second kappa shape index (κ2) is 8.83. The number of amides is 1. The zero-order chi connectivity index (χ0) is 19.2. The fourth-order valence-corrected chi connectivity index (χ4v) is 3.33. The largest absolute Gasteiger partial charge is 0.478 e. The van der Waals surface area contributed by atoms with Crippen molar-refractivity contribution < 1.29 is 14.7 Å². The summed E-state index contributed by atoms with van der Waals surface area (Å²) in [5.41, 5.74) is 0.340. The molecule has 2 N–H and O–H groups in total. The molecule has 1 saturated heterocycles. The van der Waals surface area contributed by atoms with Crippen molar-refractivity contribution in [2.45, 2.75) is 5.16 Å². The highest BCUT2D eigenvalue weighted by Gasteiger charge is 2.16. The Morgan fingerprint density at radius 2 is 1.93 bits per heavy atom. The number of rotatable bonds is 6. The Labute approximate surface area is 161 Å². The number of benzene rings is 1. The Bertz CT molecular complexity index is 824. The van der Waals surface area contributed by atoms with Crippen LogP contribution in [0.4, 0.5) is 11.5 Å². The second-order valence-electron chi connectivity index (χ2n) is 6.18. The van der Waals surface area contributed by atoms with Crippen LogP contribution >= 0.6 is 11.8 Å². The first-order valence-electron chi connectivity index (χ1n) is 8.54. The SMILES string of the molecule is CN1CCN(c2ccnc(SCC(=O)Nc3ccccc3C(=O)O)n2)CC1. The van der Waals surface area contributed by atoms with E-state index >= 15 is 0 Å². The highest BCUT2D eigenvalue weighted by atomic mass is 32.2. The van der Waals surface area contributed by atoms with E-state index in [1.165, 1.54) is 17.8 Å². The molecule has 0 aliphatic carbocycles. The number of piperazine rings is 1. The molecular formula is C18H21N5O3S. The lowest BCUT2D eigenvalue weighted by Gasteiger charge is -2.33. The van der Waals surface area contributed by atoms with Crippen molar-refractivity contribution in [2.24, 2.45) is 0 Å². The minimum Gasteiger partial charge on any atom is -0.478 e. The maximum absolute atomic E-state index is 12.2. The van der Waals surface area contributed by atoms with Gasteiger partial charge in [-0.15, -0.1) is 0 Å². The first-order chi connectivity index (χ1) is 13.0. The number of carboxylic acid groups (broad SMARTS) is 1. The van der Waals surface area contributed by atoms with Gasteiger partial charge < -0.3 is 20.2 Å². The number of nitrogens with zero attached hydrogens (tertiary/aromatic N) is 4. The van der Waals surface area contributed by atoms with E-state index in [1.54, 1.807) is 24.4 Å². The molecule has 9 heteroatoms. The van der Waals surface area contributed by atoms with E-state index in [2.05, 4.69) is 32.1 Å². The van der Waals surface area contributed by atoms with Crippen molar-refractivity contribution in [3.8, 4) is 0 Å². The molecule has 2 heterocycles. The average molecular weight is 387 g/mol. The van der Waals surface area contributed by atoms with Gasteiger partial charge in [-0.1, -0.05) is 23.9 Å². The molecule has 1 aliphatic heterocycles. The van der Waals surface area contributed by atoms with Crippen molar-refractivity contribution in [1.29, 1.82) is 0 Å². The first kappa shape index (κ1) is 19.1. The Kier molecular flexibility index (Phi) is 6.25. The van der Waals surface area contributed by atoms with Crippen LogP contribution in [0.1, 0.15) is 10.4 Å². The molecule has 0 bridgehead atoms. The number of hydrogen-bond donors (Lipinski definition) is 2. The number of hydrogen-bond acceptors (Lipinski definition) is 7. The molecule has 1 aliphatic rings. The van der Waals surface area contributed by atoms with Crippen LogP contribution in [0.2, 0.25) is 0 Å². The normalized spacial score (nSPS) is 14.8. The van der Waals surface area contributed by atoms with Crippen LogP contribution in [0.15, 0.2) is 41.7 Å². The Morgan fingerprint density at radius 3 is 2.67 bits per heavy atom. The van der Waals surface area contributed by atoms with E-state index in [9.17, 15) is 14.7 Å². The molecule has 8 nitrogen and oxygen atoms in total. The number of aromatic carboxylic acids is 1. The highest BCUT2D eigenvalue weighted by molar-refractivity contribution is 7.99. The molecule has 0 atom stereocenters. The molecule has 1 aromatic heterocycles. The van der Waals surface area contributed by atoms with Gasteiger partial charge in [0.2, 0.25) is 5.91 Å². The fourth-order valence-electron chi connectivity index (χ4n) is 2.71. The molecule has 2 aromatic rings. The molecule has 0 saturated carbocycles. The van der Waals surface area contributed by atoms with Gasteiger partial charge in [-0.05, 0) is 25.2 Å². The van der Waals surface area contributed by atoms with Gasteiger partial charge in [-0.3, -0.25) is 4.79 Å². The summed E-state index contributed by atoms with van der Waals surface area (Å²) in [7, 11) is 2.10. The molecule has 1 amide bonds. The number of nitrogens with one attached hydrogen (secondary N) is 1. The standard InChI is InChI=1S/C18H21N5O3S/c1-22-8-10-23(11-9-22)15-6-7-19-18(21-15)27-12-16(24)20-14-5-3-2-4-13(14)17(25)26/h2-7H,8-12H2,1H3,(H,20,24)(H,25,26). The summed E-state index contributed by atoms with van der Waals surface area (Å²) in [5.74, 6) is -0.429. The van der Waals surface area contributed by atoms with Crippen molar-refractivity contribution in [3.05, 3.63) is 42.1 Å². The van der Waals surface area contributed by atoms with E-state index in [1.807, 2.05) is 6.07 Å². The minimum atomic E-state index is -1.08. The van der Waals surface area contributed by atoms with Crippen LogP contribution in [-0.4, -0.2) is 70.8 Å². The maximum atomic E-state index is 12.2. The van der Waals surface area contributed by atoms with Crippen LogP contribution in [0.25, 0.3) is 0 Å². The summed E-state index contributed by atoms with van der Waals surface area (Å²) in [4.78, 5) is 36.6. The molecule has 0 radical (unpaired) electrons. The van der Waals surface area contributed by atoms with Gasteiger partial charge >= 0.3 is 5.97 Å². The van der Waals surface area contributed by atoms with Crippen LogP contribution in [0, 0.1) is 0 Å².